The van der Waals surface area contributed by atoms with Crippen molar-refractivity contribution in [1.29, 1.82) is 0 Å². The van der Waals surface area contributed by atoms with Crippen molar-refractivity contribution >= 4 is 17.7 Å². The van der Waals surface area contributed by atoms with E-state index in [4.69, 9.17) is 9.47 Å². The second kappa shape index (κ2) is 14.1. The van der Waals surface area contributed by atoms with Crippen molar-refractivity contribution in [2.45, 2.75) is 57.9 Å². The van der Waals surface area contributed by atoms with Gasteiger partial charge in [0.25, 0.3) is 0 Å². The second-order valence-electron chi connectivity index (χ2n) is 11.6. The molecule has 0 saturated heterocycles. The topological polar surface area (TPSA) is 81.7 Å². The number of ether oxygens (including phenoxy) is 2. The molecule has 0 heterocycles. The molecule has 0 radical (unpaired) electrons. The van der Waals surface area contributed by atoms with Gasteiger partial charge < -0.3 is 9.47 Å². The summed E-state index contributed by atoms with van der Waals surface area (Å²) in [7, 11) is 0. The van der Waals surface area contributed by atoms with E-state index in [2.05, 4.69) is 5.32 Å². The van der Waals surface area contributed by atoms with Gasteiger partial charge in [0.2, 0.25) is 0 Å². The summed E-state index contributed by atoms with van der Waals surface area (Å²) in [6.45, 7) is 6.63. The maximum atomic E-state index is 14.0. The summed E-state index contributed by atoms with van der Waals surface area (Å²) in [6, 6.07) is 37.8. The summed E-state index contributed by atoms with van der Waals surface area (Å²) in [5, 5.41) is 3.62. The molecule has 2 atom stereocenters. The fourth-order valence-electron chi connectivity index (χ4n) is 5.16. The van der Waals surface area contributed by atoms with E-state index in [-0.39, 0.29) is 18.8 Å². The summed E-state index contributed by atoms with van der Waals surface area (Å²) in [5.74, 6) is -2.82. The number of nitrogens with one attached hydrogen (secondary N) is 1. The van der Waals surface area contributed by atoms with Crippen molar-refractivity contribution in [3.8, 4) is 0 Å². The summed E-state index contributed by atoms with van der Waals surface area (Å²) in [4.78, 5) is 40.2. The van der Waals surface area contributed by atoms with Crippen LogP contribution in [0.4, 0.5) is 0 Å². The van der Waals surface area contributed by atoms with E-state index in [0.29, 0.717) is 0 Å². The zero-order valence-electron chi connectivity index (χ0n) is 25.2. The molecular formula is C37H39NO5. The van der Waals surface area contributed by atoms with E-state index in [1.165, 1.54) is 6.92 Å². The Hall–Kier alpha value is -4.55. The van der Waals surface area contributed by atoms with E-state index >= 15 is 0 Å². The zero-order valence-corrected chi connectivity index (χ0v) is 25.2. The lowest BCUT2D eigenvalue weighted by Crippen LogP contribution is -2.54. The Kier molecular flexibility index (Phi) is 10.3. The van der Waals surface area contributed by atoms with E-state index < -0.39 is 35.0 Å². The monoisotopic (exact) mass is 577 g/mol. The van der Waals surface area contributed by atoms with Crippen LogP contribution in [0.25, 0.3) is 0 Å². The molecule has 0 spiro atoms. The lowest BCUT2D eigenvalue weighted by molar-refractivity contribution is -0.162. The minimum atomic E-state index is -1.18. The van der Waals surface area contributed by atoms with Gasteiger partial charge >= 0.3 is 11.9 Å². The maximum absolute atomic E-state index is 14.0. The quantitative estimate of drug-likeness (QED) is 0.116. The predicted octanol–water partition coefficient (Wildman–Crippen LogP) is 6.62. The normalized spacial score (nSPS) is 13.0. The molecule has 0 aliphatic rings. The molecule has 43 heavy (non-hydrogen) atoms. The van der Waals surface area contributed by atoms with Crippen molar-refractivity contribution in [2.75, 3.05) is 0 Å². The number of Topliss-reactive ketones (excluding diaryl/α,β-unsaturated/α-hetero) is 1. The standard InChI is InChI=1S/C37H39NO5/c1-27(39)32(34(40)43-36(2,3)4)25-33(35(41)42-26-28-17-9-5-10-18-28)38-37(29-19-11-6-12-20-29,30-21-13-7-14-22-30)31-23-15-8-16-24-31/h5-24,32-33,38H,25-26H2,1-4H3/t32-,33-/m0/s1. The Morgan fingerprint density at radius 3 is 1.47 bits per heavy atom. The number of hydrogen-bond donors (Lipinski definition) is 1. The molecule has 0 fully saturated rings. The highest BCUT2D eigenvalue weighted by atomic mass is 16.6. The number of carbonyl (C=O) groups excluding carboxylic acids is 3. The molecule has 0 aliphatic carbocycles. The zero-order chi connectivity index (χ0) is 30.9. The average molecular weight is 578 g/mol. The smallest absolute Gasteiger partial charge is 0.323 e. The van der Waals surface area contributed by atoms with Gasteiger partial charge in [0.15, 0.2) is 0 Å². The molecule has 0 aromatic heterocycles. The van der Waals surface area contributed by atoms with Crippen molar-refractivity contribution in [3.63, 3.8) is 0 Å². The first-order chi connectivity index (χ1) is 20.6. The molecule has 6 heteroatoms. The third-order valence-electron chi connectivity index (χ3n) is 7.17. The maximum Gasteiger partial charge on any atom is 0.323 e. The summed E-state index contributed by atoms with van der Waals surface area (Å²) in [5.41, 5.74) is 1.63. The van der Waals surface area contributed by atoms with Crippen molar-refractivity contribution in [1.82, 2.24) is 5.32 Å². The number of benzene rings is 4. The molecule has 0 amide bonds. The minimum absolute atomic E-state index is 0.0457. The van der Waals surface area contributed by atoms with Crippen LogP contribution in [0.3, 0.4) is 0 Å². The first kappa shape index (κ1) is 31.4. The van der Waals surface area contributed by atoms with E-state index in [9.17, 15) is 14.4 Å². The highest BCUT2D eigenvalue weighted by Gasteiger charge is 2.43. The summed E-state index contributed by atoms with van der Waals surface area (Å²) >= 11 is 0. The van der Waals surface area contributed by atoms with Crippen molar-refractivity contribution in [3.05, 3.63) is 144 Å². The number of hydrogen-bond acceptors (Lipinski definition) is 6. The molecule has 4 aromatic rings. The Balaban J connectivity index is 1.84. The third kappa shape index (κ3) is 8.05. The molecule has 4 aromatic carbocycles. The molecule has 0 bridgehead atoms. The van der Waals surface area contributed by atoms with Gasteiger partial charge in [-0.15, -0.1) is 0 Å². The number of ketones is 1. The third-order valence-corrected chi connectivity index (χ3v) is 7.17. The fourth-order valence-corrected chi connectivity index (χ4v) is 5.16. The molecule has 0 unspecified atom stereocenters. The summed E-state index contributed by atoms with van der Waals surface area (Å²) < 4.78 is 11.5. The van der Waals surface area contributed by atoms with Crippen LogP contribution in [0.5, 0.6) is 0 Å². The van der Waals surface area contributed by atoms with Gasteiger partial charge in [0.1, 0.15) is 30.0 Å². The number of esters is 2. The Bertz CT molecular complexity index is 1390. The van der Waals surface area contributed by atoms with Crippen LogP contribution in [0.1, 0.15) is 56.4 Å². The van der Waals surface area contributed by atoms with Crippen molar-refractivity contribution in [2.24, 2.45) is 5.92 Å². The fraction of sp³-hybridized carbons (Fsp3) is 0.270. The SMILES string of the molecule is CC(=O)[C@H](C[C@H](NC(c1ccccc1)(c1ccccc1)c1ccccc1)C(=O)OCc1ccccc1)C(=O)OC(C)(C)C. The van der Waals surface area contributed by atoms with Crippen LogP contribution in [-0.2, 0) is 36.0 Å². The Morgan fingerprint density at radius 1 is 0.651 bits per heavy atom. The second-order valence-corrected chi connectivity index (χ2v) is 11.6. The van der Waals surface area contributed by atoms with Crippen LogP contribution >= 0.6 is 0 Å². The van der Waals surface area contributed by atoms with Gasteiger partial charge in [0, 0.05) is 0 Å². The van der Waals surface area contributed by atoms with E-state index in [0.717, 1.165) is 22.3 Å². The van der Waals surface area contributed by atoms with Gasteiger partial charge in [-0.2, -0.15) is 0 Å². The van der Waals surface area contributed by atoms with Crippen LogP contribution < -0.4 is 5.32 Å². The first-order valence-corrected chi connectivity index (χ1v) is 14.5. The van der Waals surface area contributed by atoms with Crippen LogP contribution in [0, 0.1) is 5.92 Å². The molecular weight excluding hydrogens is 538 g/mol. The highest BCUT2D eigenvalue weighted by molar-refractivity contribution is 5.98. The van der Waals surface area contributed by atoms with E-state index in [1.54, 1.807) is 20.8 Å². The molecule has 1 N–H and O–H groups in total. The van der Waals surface area contributed by atoms with Crippen LogP contribution in [0.2, 0.25) is 0 Å². The predicted molar refractivity (Wildman–Crippen MR) is 167 cm³/mol. The average Bonchev–Trinajstić information content (AvgIpc) is 3.01. The summed E-state index contributed by atoms with van der Waals surface area (Å²) in [6.07, 6.45) is -0.147. The Morgan fingerprint density at radius 2 is 1.07 bits per heavy atom. The van der Waals surface area contributed by atoms with Gasteiger partial charge in [-0.1, -0.05) is 121 Å². The van der Waals surface area contributed by atoms with Crippen LogP contribution in [0.15, 0.2) is 121 Å². The molecule has 0 saturated carbocycles. The minimum Gasteiger partial charge on any atom is -0.460 e. The molecule has 6 nitrogen and oxygen atoms in total. The van der Waals surface area contributed by atoms with Gasteiger partial charge in [-0.3, -0.25) is 19.7 Å². The van der Waals surface area contributed by atoms with E-state index in [1.807, 2.05) is 121 Å². The van der Waals surface area contributed by atoms with Crippen molar-refractivity contribution < 1.29 is 23.9 Å². The van der Waals surface area contributed by atoms with Gasteiger partial charge in [-0.05, 0) is 56.4 Å². The van der Waals surface area contributed by atoms with Gasteiger partial charge in [0.05, 0.1) is 5.54 Å². The highest BCUT2D eigenvalue weighted by Crippen LogP contribution is 2.38. The largest absolute Gasteiger partial charge is 0.460 e. The first-order valence-electron chi connectivity index (χ1n) is 14.5. The Labute approximate surface area is 254 Å². The molecule has 0 aliphatic heterocycles. The molecule has 222 valence electrons. The lowest BCUT2D eigenvalue weighted by Gasteiger charge is -2.40. The number of carbonyl (C=O) groups is 3. The lowest BCUT2D eigenvalue weighted by atomic mass is 9.76. The van der Waals surface area contributed by atoms with Crippen LogP contribution in [-0.4, -0.2) is 29.4 Å². The molecule has 4 rings (SSSR count). The number of rotatable bonds is 12. The van der Waals surface area contributed by atoms with Gasteiger partial charge in [-0.25, -0.2) is 0 Å².